The monoisotopic (exact) mass is 424 g/mol. The molecule has 0 aliphatic heterocycles. The molecule has 3 amide bonds. The first-order valence-corrected chi connectivity index (χ1v) is 10.3. The molecule has 0 bridgehead atoms. The number of hydrogen-bond donors (Lipinski definition) is 2. The molecule has 2 N–H and O–H groups in total. The van der Waals surface area contributed by atoms with Gasteiger partial charge in [-0.1, -0.05) is 29.5 Å². The van der Waals surface area contributed by atoms with Crippen LogP contribution in [0.2, 0.25) is 0 Å². The van der Waals surface area contributed by atoms with Gasteiger partial charge in [0.15, 0.2) is 5.13 Å². The third kappa shape index (κ3) is 5.01. The van der Waals surface area contributed by atoms with E-state index in [0.29, 0.717) is 16.2 Å². The van der Waals surface area contributed by atoms with Crippen LogP contribution in [-0.4, -0.2) is 41.7 Å². The highest BCUT2D eigenvalue weighted by atomic mass is 32.1. The van der Waals surface area contributed by atoms with Crippen LogP contribution in [0.4, 0.5) is 10.8 Å². The number of amides is 3. The van der Waals surface area contributed by atoms with E-state index in [1.807, 2.05) is 32.0 Å². The second-order valence-corrected chi connectivity index (χ2v) is 8.29. The fourth-order valence-electron chi connectivity index (χ4n) is 2.94. The molecule has 1 aromatic heterocycles. The molecule has 0 aliphatic rings. The van der Waals surface area contributed by atoms with E-state index in [4.69, 9.17) is 0 Å². The molecule has 0 unspecified atom stereocenters. The maximum absolute atomic E-state index is 12.7. The third-order valence-corrected chi connectivity index (χ3v) is 5.61. The first kappa shape index (κ1) is 21.4. The van der Waals surface area contributed by atoms with Crippen LogP contribution >= 0.6 is 11.3 Å². The van der Waals surface area contributed by atoms with Gasteiger partial charge in [0.1, 0.15) is 0 Å². The molecule has 0 aliphatic carbocycles. The number of carbonyl (C=O) groups is 3. The van der Waals surface area contributed by atoms with Crippen molar-refractivity contribution >= 4 is 50.1 Å². The van der Waals surface area contributed by atoms with Crippen molar-refractivity contribution in [2.45, 2.75) is 26.7 Å². The number of nitrogens with one attached hydrogen (secondary N) is 2. The highest BCUT2D eigenvalue weighted by molar-refractivity contribution is 7.22. The molecule has 7 nitrogen and oxygen atoms in total. The lowest BCUT2D eigenvalue weighted by molar-refractivity contribution is -0.130. The number of rotatable bonds is 6. The van der Waals surface area contributed by atoms with Crippen molar-refractivity contribution in [3.05, 3.63) is 53.1 Å². The molecule has 156 valence electrons. The number of fused-ring (bicyclic) bond motifs is 1. The van der Waals surface area contributed by atoms with Gasteiger partial charge < -0.3 is 15.5 Å². The van der Waals surface area contributed by atoms with Crippen LogP contribution < -0.4 is 10.6 Å². The molecule has 1 heterocycles. The fourth-order valence-corrected chi connectivity index (χ4v) is 3.86. The summed E-state index contributed by atoms with van der Waals surface area (Å²) in [4.78, 5) is 42.2. The Morgan fingerprint density at radius 3 is 2.37 bits per heavy atom. The molecule has 3 rings (SSSR count). The van der Waals surface area contributed by atoms with Crippen molar-refractivity contribution in [2.75, 3.05) is 24.7 Å². The zero-order valence-electron chi connectivity index (χ0n) is 17.4. The minimum atomic E-state index is -0.266. The van der Waals surface area contributed by atoms with Crippen molar-refractivity contribution in [1.82, 2.24) is 9.88 Å². The summed E-state index contributed by atoms with van der Waals surface area (Å²) < 4.78 is 0.795. The lowest BCUT2D eigenvalue weighted by Gasteiger charge is -2.11. The Labute approximate surface area is 179 Å². The van der Waals surface area contributed by atoms with Gasteiger partial charge in [0, 0.05) is 38.2 Å². The molecular formula is C22H24N4O3S. The van der Waals surface area contributed by atoms with Crippen LogP contribution in [0, 0.1) is 13.8 Å². The van der Waals surface area contributed by atoms with Crippen LogP contribution in [-0.2, 0) is 9.59 Å². The van der Waals surface area contributed by atoms with Crippen LogP contribution in [0.1, 0.15) is 34.3 Å². The number of benzene rings is 2. The quantitative estimate of drug-likeness (QED) is 0.626. The average molecular weight is 425 g/mol. The smallest absolute Gasteiger partial charge is 0.255 e. The maximum atomic E-state index is 12.7. The lowest BCUT2D eigenvalue weighted by Crippen LogP contribution is -2.23. The zero-order chi connectivity index (χ0) is 21.8. The first-order valence-electron chi connectivity index (χ1n) is 9.53. The zero-order valence-corrected chi connectivity index (χ0v) is 18.2. The Morgan fingerprint density at radius 1 is 1.00 bits per heavy atom. The van der Waals surface area contributed by atoms with Crippen molar-refractivity contribution in [3.63, 3.8) is 0 Å². The standard InChI is InChI=1S/C22H24N4O3S/c1-13-6-5-7-14(2)20(13)25-21(29)15-8-9-16-17(12-15)30-22(23-16)24-18(27)10-11-19(28)26(3)4/h5-9,12H,10-11H2,1-4H3,(H,25,29)(H,23,24,27). The van der Waals surface area contributed by atoms with Crippen LogP contribution in [0.15, 0.2) is 36.4 Å². The Morgan fingerprint density at radius 2 is 1.70 bits per heavy atom. The summed E-state index contributed by atoms with van der Waals surface area (Å²) in [6.45, 7) is 3.91. The molecule has 0 saturated heterocycles. The van der Waals surface area contributed by atoms with Gasteiger partial charge in [-0.3, -0.25) is 14.4 Å². The molecule has 0 spiro atoms. The summed E-state index contributed by atoms with van der Waals surface area (Å²) in [5.41, 5.74) is 4.03. The summed E-state index contributed by atoms with van der Waals surface area (Å²) in [7, 11) is 3.31. The molecule has 30 heavy (non-hydrogen) atoms. The Kier molecular flexibility index (Phi) is 6.47. The van der Waals surface area contributed by atoms with Gasteiger partial charge in [0.25, 0.3) is 5.91 Å². The SMILES string of the molecule is Cc1cccc(C)c1NC(=O)c1ccc2nc(NC(=O)CCC(=O)N(C)C)sc2c1. The van der Waals surface area contributed by atoms with E-state index in [-0.39, 0.29) is 30.6 Å². The van der Waals surface area contributed by atoms with Gasteiger partial charge in [-0.25, -0.2) is 4.98 Å². The summed E-state index contributed by atoms with van der Waals surface area (Å²) in [5.74, 6) is -0.568. The molecule has 0 saturated carbocycles. The predicted octanol–water partition coefficient (Wildman–Crippen LogP) is 3.97. The Hall–Kier alpha value is -3.26. The molecule has 0 radical (unpaired) electrons. The minimum Gasteiger partial charge on any atom is -0.349 e. The van der Waals surface area contributed by atoms with Gasteiger partial charge in [0.05, 0.1) is 10.2 Å². The van der Waals surface area contributed by atoms with Gasteiger partial charge in [-0.05, 0) is 43.2 Å². The van der Waals surface area contributed by atoms with Gasteiger partial charge in [-0.2, -0.15) is 0 Å². The van der Waals surface area contributed by atoms with E-state index in [0.717, 1.165) is 21.5 Å². The molecule has 3 aromatic rings. The number of thiazole rings is 1. The molecule has 0 fully saturated rings. The van der Waals surface area contributed by atoms with E-state index < -0.39 is 0 Å². The third-order valence-electron chi connectivity index (χ3n) is 4.68. The lowest BCUT2D eigenvalue weighted by atomic mass is 10.1. The van der Waals surface area contributed by atoms with Crippen LogP contribution in [0.5, 0.6) is 0 Å². The van der Waals surface area contributed by atoms with Crippen LogP contribution in [0.25, 0.3) is 10.2 Å². The fraction of sp³-hybridized carbons (Fsp3) is 0.273. The molecule has 8 heteroatoms. The van der Waals surface area contributed by atoms with E-state index in [1.54, 1.807) is 32.3 Å². The van der Waals surface area contributed by atoms with Gasteiger partial charge in [-0.15, -0.1) is 0 Å². The largest absolute Gasteiger partial charge is 0.349 e. The minimum absolute atomic E-state index is 0.0936. The molecular weight excluding hydrogens is 400 g/mol. The average Bonchev–Trinajstić information content (AvgIpc) is 3.10. The summed E-state index contributed by atoms with van der Waals surface area (Å²) >= 11 is 1.29. The normalized spacial score (nSPS) is 10.7. The first-order chi connectivity index (χ1) is 14.2. The highest BCUT2D eigenvalue weighted by Gasteiger charge is 2.14. The second-order valence-electron chi connectivity index (χ2n) is 7.26. The van der Waals surface area contributed by atoms with E-state index in [1.165, 1.54) is 16.2 Å². The summed E-state index contributed by atoms with van der Waals surface area (Å²) in [6, 6.07) is 11.1. The molecule has 0 atom stereocenters. The maximum Gasteiger partial charge on any atom is 0.255 e. The second kappa shape index (κ2) is 9.04. The number of nitrogens with zero attached hydrogens (tertiary/aromatic N) is 2. The molecule has 2 aromatic carbocycles. The van der Waals surface area contributed by atoms with E-state index in [9.17, 15) is 14.4 Å². The summed E-state index contributed by atoms with van der Waals surface area (Å²) in [5, 5.41) is 6.14. The number of aryl methyl sites for hydroxylation is 2. The van der Waals surface area contributed by atoms with Crippen LogP contribution in [0.3, 0.4) is 0 Å². The van der Waals surface area contributed by atoms with E-state index >= 15 is 0 Å². The van der Waals surface area contributed by atoms with Crippen molar-refractivity contribution < 1.29 is 14.4 Å². The number of para-hydroxylation sites is 1. The Balaban J connectivity index is 1.70. The topological polar surface area (TPSA) is 91.4 Å². The van der Waals surface area contributed by atoms with Gasteiger partial charge >= 0.3 is 0 Å². The predicted molar refractivity (Wildman–Crippen MR) is 120 cm³/mol. The van der Waals surface area contributed by atoms with Crippen molar-refractivity contribution in [2.24, 2.45) is 0 Å². The number of anilines is 2. The summed E-state index contributed by atoms with van der Waals surface area (Å²) in [6.07, 6.45) is 0.239. The van der Waals surface area contributed by atoms with Gasteiger partial charge in [0.2, 0.25) is 11.8 Å². The highest BCUT2D eigenvalue weighted by Crippen LogP contribution is 2.28. The Bertz CT molecular complexity index is 1100. The number of hydrogen-bond acceptors (Lipinski definition) is 5. The number of carbonyl (C=O) groups excluding carboxylic acids is 3. The van der Waals surface area contributed by atoms with Crippen molar-refractivity contribution in [1.29, 1.82) is 0 Å². The van der Waals surface area contributed by atoms with Crippen molar-refractivity contribution in [3.8, 4) is 0 Å². The van der Waals surface area contributed by atoms with E-state index in [2.05, 4.69) is 15.6 Å². The number of aromatic nitrogens is 1.